The van der Waals surface area contributed by atoms with Gasteiger partial charge in [-0.2, -0.15) is 4.72 Å². The van der Waals surface area contributed by atoms with Crippen LogP contribution in [0.5, 0.6) is 0 Å². The standard InChI is InChI=1S/C19H24BrN3O4S2/c20-16-7-8-17(28-16)29(25,26)22-18(15-5-2-1-3-6-15)19(24)21-9-4-10-23-11-13-27-14-12-23/h1-3,5-8,18,22H,4,9-14H2,(H,21,24)/t18-/m1/s1. The summed E-state index contributed by atoms with van der Waals surface area (Å²) in [5.41, 5.74) is 0.595. The van der Waals surface area contributed by atoms with Gasteiger partial charge in [0.1, 0.15) is 10.3 Å². The number of hydrogen-bond donors (Lipinski definition) is 2. The molecule has 10 heteroatoms. The second-order valence-corrected chi connectivity index (χ2v) is 11.0. The molecule has 1 atom stereocenters. The van der Waals surface area contributed by atoms with Crippen LogP contribution in [-0.4, -0.2) is 58.6 Å². The number of nitrogens with zero attached hydrogens (tertiary/aromatic N) is 1. The van der Waals surface area contributed by atoms with Gasteiger partial charge in [0.2, 0.25) is 5.91 Å². The summed E-state index contributed by atoms with van der Waals surface area (Å²) in [4.78, 5) is 15.1. The molecule has 1 aliphatic heterocycles. The number of hydrogen-bond acceptors (Lipinski definition) is 6. The second kappa shape index (κ2) is 10.6. The van der Waals surface area contributed by atoms with Gasteiger partial charge in [0, 0.05) is 19.6 Å². The number of carbonyl (C=O) groups is 1. The van der Waals surface area contributed by atoms with Crippen LogP contribution in [0.15, 0.2) is 50.5 Å². The van der Waals surface area contributed by atoms with Crippen molar-refractivity contribution < 1.29 is 17.9 Å². The number of carbonyl (C=O) groups excluding carboxylic acids is 1. The van der Waals surface area contributed by atoms with Gasteiger partial charge in [-0.1, -0.05) is 30.3 Å². The Bertz CT molecular complexity index is 899. The number of benzene rings is 1. The molecule has 2 aromatic rings. The van der Waals surface area contributed by atoms with E-state index < -0.39 is 16.1 Å². The van der Waals surface area contributed by atoms with E-state index in [1.807, 2.05) is 6.07 Å². The molecule has 0 spiro atoms. The quantitative estimate of drug-likeness (QED) is 0.515. The molecule has 1 fully saturated rings. The van der Waals surface area contributed by atoms with Crippen LogP contribution in [0, 0.1) is 0 Å². The van der Waals surface area contributed by atoms with Gasteiger partial charge in [0.05, 0.1) is 17.0 Å². The molecule has 1 saturated heterocycles. The third-order valence-corrected chi connectivity index (χ3v) is 8.07. The zero-order chi connectivity index (χ0) is 20.7. The Labute approximate surface area is 183 Å². The highest BCUT2D eigenvalue weighted by Crippen LogP contribution is 2.27. The molecule has 3 rings (SSSR count). The minimum Gasteiger partial charge on any atom is -0.379 e. The molecule has 1 aromatic carbocycles. The van der Waals surface area contributed by atoms with Gasteiger partial charge in [-0.25, -0.2) is 8.42 Å². The average Bonchev–Trinajstić information content (AvgIpc) is 3.18. The fourth-order valence-electron chi connectivity index (χ4n) is 3.01. The highest BCUT2D eigenvalue weighted by atomic mass is 79.9. The lowest BCUT2D eigenvalue weighted by molar-refractivity contribution is -0.122. The minimum absolute atomic E-state index is 0.158. The lowest BCUT2D eigenvalue weighted by Gasteiger charge is -2.26. The molecular formula is C19H24BrN3O4S2. The highest BCUT2D eigenvalue weighted by Gasteiger charge is 2.28. The molecule has 0 radical (unpaired) electrons. The fourth-order valence-corrected chi connectivity index (χ4v) is 6.23. The van der Waals surface area contributed by atoms with Crippen LogP contribution in [0.1, 0.15) is 18.0 Å². The Kier molecular flexibility index (Phi) is 8.22. The minimum atomic E-state index is -3.82. The van der Waals surface area contributed by atoms with Crippen LogP contribution in [0.3, 0.4) is 0 Å². The van der Waals surface area contributed by atoms with Gasteiger partial charge in [-0.3, -0.25) is 9.69 Å². The molecule has 2 heterocycles. The maximum atomic E-state index is 12.8. The molecule has 2 N–H and O–H groups in total. The first-order valence-electron chi connectivity index (χ1n) is 9.36. The number of amides is 1. The number of halogens is 1. The number of sulfonamides is 1. The van der Waals surface area contributed by atoms with Crippen LogP contribution >= 0.6 is 27.3 Å². The molecule has 158 valence electrons. The molecule has 0 aliphatic carbocycles. The Morgan fingerprint density at radius 2 is 1.90 bits per heavy atom. The van der Waals surface area contributed by atoms with Crippen LogP contribution in [0.2, 0.25) is 0 Å². The van der Waals surface area contributed by atoms with E-state index in [0.717, 1.165) is 50.6 Å². The number of morpholine rings is 1. The third-order valence-electron chi connectivity index (χ3n) is 4.54. The van der Waals surface area contributed by atoms with E-state index in [-0.39, 0.29) is 10.1 Å². The molecule has 29 heavy (non-hydrogen) atoms. The number of thiophene rings is 1. The summed E-state index contributed by atoms with van der Waals surface area (Å²) in [6.07, 6.45) is 0.790. The highest BCUT2D eigenvalue weighted by molar-refractivity contribution is 9.11. The van der Waals surface area contributed by atoms with Crippen molar-refractivity contribution >= 4 is 43.2 Å². The monoisotopic (exact) mass is 501 g/mol. The lowest BCUT2D eigenvalue weighted by atomic mass is 10.1. The first-order valence-corrected chi connectivity index (χ1v) is 12.5. The summed E-state index contributed by atoms with van der Waals surface area (Å²) in [6, 6.07) is 11.1. The van der Waals surface area contributed by atoms with Gasteiger partial charge in [-0.15, -0.1) is 11.3 Å². The van der Waals surface area contributed by atoms with Crippen molar-refractivity contribution in [3.8, 4) is 0 Å². The SMILES string of the molecule is O=C(NCCCN1CCOCC1)[C@H](NS(=O)(=O)c1ccc(Br)s1)c1ccccc1. The zero-order valence-electron chi connectivity index (χ0n) is 15.8. The Morgan fingerprint density at radius 3 is 2.55 bits per heavy atom. The van der Waals surface area contributed by atoms with Gasteiger partial charge in [0.25, 0.3) is 10.0 Å². The van der Waals surface area contributed by atoms with Gasteiger partial charge < -0.3 is 10.1 Å². The molecule has 0 bridgehead atoms. The number of nitrogens with one attached hydrogen (secondary N) is 2. The molecule has 1 aromatic heterocycles. The van der Waals surface area contributed by atoms with Crippen molar-refractivity contribution in [2.24, 2.45) is 0 Å². The number of rotatable bonds is 9. The maximum Gasteiger partial charge on any atom is 0.251 e. The first-order chi connectivity index (χ1) is 14.0. The number of ether oxygens (including phenoxy) is 1. The smallest absolute Gasteiger partial charge is 0.251 e. The van der Waals surface area contributed by atoms with Crippen molar-refractivity contribution in [3.63, 3.8) is 0 Å². The molecule has 0 saturated carbocycles. The van der Waals surface area contributed by atoms with Crippen molar-refractivity contribution in [2.45, 2.75) is 16.7 Å². The van der Waals surface area contributed by atoms with E-state index in [1.54, 1.807) is 30.3 Å². The van der Waals surface area contributed by atoms with E-state index in [4.69, 9.17) is 4.74 Å². The molecule has 1 amide bonds. The van der Waals surface area contributed by atoms with Crippen molar-refractivity contribution in [1.29, 1.82) is 0 Å². The van der Waals surface area contributed by atoms with Gasteiger partial charge >= 0.3 is 0 Å². The summed E-state index contributed by atoms with van der Waals surface area (Å²) in [7, 11) is -3.82. The molecule has 0 unspecified atom stereocenters. The Hall–Kier alpha value is -1.30. The summed E-state index contributed by atoms with van der Waals surface area (Å²) < 4.78 is 34.3. The lowest BCUT2D eigenvalue weighted by Crippen LogP contribution is -2.42. The van der Waals surface area contributed by atoms with Crippen molar-refractivity contribution in [3.05, 3.63) is 51.8 Å². The Morgan fingerprint density at radius 1 is 1.17 bits per heavy atom. The summed E-state index contributed by atoms with van der Waals surface area (Å²) in [5.74, 6) is -0.364. The summed E-state index contributed by atoms with van der Waals surface area (Å²) >= 11 is 4.37. The largest absolute Gasteiger partial charge is 0.379 e. The van der Waals surface area contributed by atoms with Crippen molar-refractivity contribution in [1.82, 2.24) is 14.9 Å². The summed E-state index contributed by atoms with van der Waals surface area (Å²) in [6.45, 7) is 4.63. The zero-order valence-corrected chi connectivity index (χ0v) is 19.1. The van der Waals surface area contributed by atoms with E-state index >= 15 is 0 Å². The average molecular weight is 502 g/mol. The van der Waals surface area contributed by atoms with E-state index in [9.17, 15) is 13.2 Å². The van der Waals surface area contributed by atoms with Crippen LogP contribution in [0.4, 0.5) is 0 Å². The van der Waals surface area contributed by atoms with Crippen LogP contribution in [0.25, 0.3) is 0 Å². The normalized spacial score (nSPS) is 16.4. The van der Waals surface area contributed by atoms with Crippen molar-refractivity contribution in [2.75, 3.05) is 39.4 Å². The maximum absolute atomic E-state index is 12.8. The van der Waals surface area contributed by atoms with Crippen LogP contribution < -0.4 is 10.0 Å². The molecule has 1 aliphatic rings. The van der Waals surface area contributed by atoms with E-state index in [1.165, 1.54) is 6.07 Å². The Balaban J connectivity index is 1.63. The summed E-state index contributed by atoms with van der Waals surface area (Å²) in [5, 5.41) is 2.87. The first kappa shape index (κ1) is 22.4. The molecule has 7 nitrogen and oxygen atoms in total. The van der Waals surface area contributed by atoms with Gasteiger partial charge in [0.15, 0.2) is 0 Å². The molecular weight excluding hydrogens is 478 g/mol. The van der Waals surface area contributed by atoms with Gasteiger partial charge in [-0.05, 0) is 46.6 Å². The van der Waals surface area contributed by atoms with Crippen LogP contribution in [-0.2, 0) is 19.6 Å². The fraction of sp³-hybridized carbons (Fsp3) is 0.421. The third kappa shape index (κ3) is 6.59. The van der Waals surface area contributed by atoms with E-state index in [2.05, 4.69) is 30.9 Å². The predicted octanol–water partition coefficient (Wildman–Crippen LogP) is 2.37. The second-order valence-electron chi connectivity index (χ2n) is 6.62. The topological polar surface area (TPSA) is 87.7 Å². The van der Waals surface area contributed by atoms with E-state index in [0.29, 0.717) is 15.9 Å². The predicted molar refractivity (Wildman–Crippen MR) is 116 cm³/mol.